The van der Waals surface area contributed by atoms with Gasteiger partial charge < -0.3 is 5.11 Å². The van der Waals surface area contributed by atoms with Crippen molar-refractivity contribution in [1.82, 2.24) is 0 Å². The molecule has 3 heteroatoms. The molecule has 0 aromatic carbocycles. The Morgan fingerprint density at radius 3 is 2.37 bits per heavy atom. The number of allylic oxidation sites excluding steroid dienone is 2. The number of aliphatic hydroxyl groups is 1. The van der Waals surface area contributed by atoms with Gasteiger partial charge in [0.25, 0.3) is 0 Å². The molecule has 0 saturated heterocycles. The fourth-order valence-corrected chi connectivity index (χ4v) is 2.35. The van der Waals surface area contributed by atoms with E-state index in [2.05, 4.69) is 6.92 Å². The summed E-state index contributed by atoms with van der Waals surface area (Å²) in [5, 5.41) is 9.50. The summed E-state index contributed by atoms with van der Waals surface area (Å²) in [6.45, 7) is 8.14. The van der Waals surface area contributed by atoms with E-state index in [0.29, 0.717) is 0 Å². The molecule has 2 nitrogen and oxygen atoms in total. The van der Waals surface area contributed by atoms with E-state index in [1.165, 1.54) is 43.5 Å². The van der Waals surface area contributed by atoms with Gasteiger partial charge in [0.2, 0.25) is 5.12 Å². The molecule has 0 atom stereocenters. The zero-order valence-electron chi connectivity index (χ0n) is 12.7. The Kier molecular flexibility index (Phi) is 9.76. The summed E-state index contributed by atoms with van der Waals surface area (Å²) in [6, 6.07) is 0. The Bertz CT molecular complexity index is 311. The molecular formula is C16H28O2S. The van der Waals surface area contributed by atoms with Gasteiger partial charge in [-0.15, -0.1) is 0 Å². The molecule has 110 valence electrons. The van der Waals surface area contributed by atoms with Gasteiger partial charge in [0.15, 0.2) is 0 Å². The maximum atomic E-state index is 11.6. The number of carbonyl (C=O) groups is 1. The van der Waals surface area contributed by atoms with Crippen molar-refractivity contribution in [1.29, 1.82) is 0 Å². The van der Waals surface area contributed by atoms with Crippen LogP contribution in [0.2, 0.25) is 0 Å². The minimum Gasteiger partial charge on any atom is -0.508 e. The van der Waals surface area contributed by atoms with Crippen molar-refractivity contribution in [2.75, 3.05) is 0 Å². The van der Waals surface area contributed by atoms with Gasteiger partial charge in [-0.05, 0) is 18.9 Å². The maximum Gasteiger partial charge on any atom is 0.216 e. The van der Waals surface area contributed by atoms with Gasteiger partial charge in [0.05, 0.1) is 0 Å². The lowest BCUT2D eigenvalue weighted by Crippen LogP contribution is -2.10. The molecule has 0 aliphatic heterocycles. The third-order valence-corrected chi connectivity index (χ3v) is 3.37. The summed E-state index contributed by atoms with van der Waals surface area (Å²) >= 11 is 1.23. The molecule has 0 radical (unpaired) electrons. The average Bonchev–Trinajstić information content (AvgIpc) is 2.25. The van der Waals surface area contributed by atoms with E-state index in [4.69, 9.17) is 0 Å². The van der Waals surface area contributed by atoms with E-state index in [1.54, 1.807) is 6.08 Å². The molecular weight excluding hydrogens is 256 g/mol. The molecule has 0 aromatic rings. The number of thioether (sulfide) groups is 1. The first kappa shape index (κ1) is 18.3. The first-order chi connectivity index (χ1) is 8.85. The minimum atomic E-state index is -0.114. The second-order valence-electron chi connectivity index (χ2n) is 5.71. The Labute approximate surface area is 122 Å². The van der Waals surface area contributed by atoms with Crippen LogP contribution in [0.5, 0.6) is 0 Å². The summed E-state index contributed by atoms with van der Waals surface area (Å²) in [5.74, 6) is 0.0512. The fourth-order valence-electron chi connectivity index (χ4n) is 1.57. The summed E-state index contributed by atoms with van der Waals surface area (Å²) in [5.41, 5.74) is 0. The first-order valence-corrected chi connectivity index (χ1v) is 7.97. The number of aliphatic hydroxyl groups excluding tert-OH is 1. The van der Waals surface area contributed by atoms with Crippen LogP contribution in [-0.2, 0) is 4.79 Å². The smallest absolute Gasteiger partial charge is 0.216 e. The predicted molar refractivity (Wildman–Crippen MR) is 85.6 cm³/mol. The van der Waals surface area contributed by atoms with Gasteiger partial charge in [0, 0.05) is 10.8 Å². The number of carbonyl (C=O) groups excluding carboxylic acids is 1. The number of rotatable bonds is 8. The molecule has 0 heterocycles. The number of unbranched alkanes of at least 4 members (excludes halogenated alkanes) is 5. The van der Waals surface area contributed by atoms with Crippen molar-refractivity contribution in [2.45, 2.75) is 71.0 Å². The standard InChI is InChI=1S/C16H28O2S/c1-5-6-7-8-9-10-11-12-14(17)13-15(18)19-16(2,3)4/h11-13,17H,5-10H2,1-4H3/b12-11+,14-13-. The lowest BCUT2D eigenvalue weighted by Gasteiger charge is -2.14. The molecule has 0 bridgehead atoms. The quantitative estimate of drug-likeness (QED) is 0.280. The molecule has 0 saturated carbocycles. The van der Waals surface area contributed by atoms with Crippen molar-refractivity contribution in [3.63, 3.8) is 0 Å². The zero-order valence-corrected chi connectivity index (χ0v) is 13.6. The second-order valence-corrected chi connectivity index (χ2v) is 7.54. The molecule has 0 rings (SSSR count). The van der Waals surface area contributed by atoms with Gasteiger partial charge in [-0.3, -0.25) is 4.79 Å². The summed E-state index contributed by atoms with van der Waals surface area (Å²) in [6.07, 6.45) is 12.0. The third-order valence-electron chi connectivity index (χ3n) is 2.44. The lowest BCUT2D eigenvalue weighted by molar-refractivity contribution is -0.107. The summed E-state index contributed by atoms with van der Waals surface area (Å²) < 4.78 is -0.114. The largest absolute Gasteiger partial charge is 0.508 e. The number of hydrogen-bond acceptors (Lipinski definition) is 3. The van der Waals surface area contributed by atoms with Crippen molar-refractivity contribution in [3.8, 4) is 0 Å². The lowest BCUT2D eigenvalue weighted by atomic mass is 10.1. The van der Waals surface area contributed by atoms with E-state index in [1.807, 2.05) is 26.8 Å². The highest BCUT2D eigenvalue weighted by molar-refractivity contribution is 8.15. The van der Waals surface area contributed by atoms with Gasteiger partial charge in [-0.2, -0.15) is 0 Å². The Morgan fingerprint density at radius 1 is 1.16 bits per heavy atom. The van der Waals surface area contributed by atoms with Crippen LogP contribution < -0.4 is 0 Å². The average molecular weight is 284 g/mol. The van der Waals surface area contributed by atoms with E-state index in [9.17, 15) is 9.90 Å². The fraction of sp³-hybridized carbons (Fsp3) is 0.688. The van der Waals surface area contributed by atoms with Crippen LogP contribution in [0.3, 0.4) is 0 Å². The van der Waals surface area contributed by atoms with Crippen LogP contribution in [0.4, 0.5) is 0 Å². The van der Waals surface area contributed by atoms with E-state index >= 15 is 0 Å². The molecule has 0 aromatic heterocycles. The normalized spacial score (nSPS) is 13.2. The van der Waals surface area contributed by atoms with Crippen LogP contribution >= 0.6 is 11.8 Å². The van der Waals surface area contributed by atoms with Crippen molar-refractivity contribution >= 4 is 16.9 Å². The second kappa shape index (κ2) is 10.1. The molecule has 0 amide bonds. The Morgan fingerprint density at radius 2 is 1.79 bits per heavy atom. The van der Waals surface area contributed by atoms with E-state index < -0.39 is 0 Å². The summed E-state index contributed by atoms with van der Waals surface area (Å²) in [7, 11) is 0. The highest BCUT2D eigenvalue weighted by atomic mass is 32.2. The van der Waals surface area contributed by atoms with E-state index in [-0.39, 0.29) is 15.6 Å². The number of hydrogen-bond donors (Lipinski definition) is 1. The van der Waals surface area contributed by atoms with E-state index in [0.717, 1.165) is 12.8 Å². The maximum absolute atomic E-state index is 11.6. The van der Waals surface area contributed by atoms with Crippen LogP contribution in [-0.4, -0.2) is 15.0 Å². The summed E-state index contributed by atoms with van der Waals surface area (Å²) in [4.78, 5) is 11.6. The Balaban J connectivity index is 3.88. The van der Waals surface area contributed by atoms with Gasteiger partial charge >= 0.3 is 0 Å². The topological polar surface area (TPSA) is 37.3 Å². The van der Waals surface area contributed by atoms with Crippen molar-refractivity contribution in [2.24, 2.45) is 0 Å². The van der Waals surface area contributed by atoms with Crippen molar-refractivity contribution < 1.29 is 9.90 Å². The molecule has 0 aliphatic rings. The van der Waals surface area contributed by atoms with Crippen molar-refractivity contribution in [3.05, 3.63) is 24.0 Å². The van der Waals surface area contributed by atoms with Crippen LogP contribution in [0.25, 0.3) is 0 Å². The Hall–Kier alpha value is -0.700. The molecule has 1 N–H and O–H groups in total. The van der Waals surface area contributed by atoms with Gasteiger partial charge in [-0.1, -0.05) is 71.2 Å². The predicted octanol–water partition coefficient (Wildman–Crippen LogP) is 5.40. The minimum absolute atomic E-state index is 0.0512. The first-order valence-electron chi connectivity index (χ1n) is 7.15. The SMILES string of the molecule is CCCCCCC/C=C/C(O)=C/C(=O)SC(C)(C)C. The third kappa shape index (κ3) is 13.5. The van der Waals surface area contributed by atoms with Gasteiger partial charge in [-0.25, -0.2) is 0 Å². The van der Waals surface area contributed by atoms with Crippen LogP contribution in [0, 0.1) is 0 Å². The van der Waals surface area contributed by atoms with Gasteiger partial charge in [0.1, 0.15) is 5.76 Å². The monoisotopic (exact) mass is 284 g/mol. The zero-order chi connectivity index (χ0) is 14.7. The highest BCUT2D eigenvalue weighted by Crippen LogP contribution is 2.24. The molecule has 0 unspecified atom stereocenters. The molecule has 19 heavy (non-hydrogen) atoms. The molecule has 0 fully saturated rings. The highest BCUT2D eigenvalue weighted by Gasteiger charge is 2.15. The molecule has 0 aliphatic carbocycles. The van der Waals surface area contributed by atoms with Crippen LogP contribution in [0.1, 0.15) is 66.2 Å². The van der Waals surface area contributed by atoms with Crippen LogP contribution in [0.15, 0.2) is 24.0 Å². The molecule has 0 spiro atoms.